The minimum absolute atomic E-state index is 0.0580. The van der Waals surface area contributed by atoms with E-state index >= 15 is 0 Å². The average molecular weight is 306 g/mol. The average Bonchev–Trinajstić information content (AvgIpc) is 2.53. The van der Waals surface area contributed by atoms with Crippen LogP contribution in [0.15, 0.2) is 24.3 Å². The summed E-state index contributed by atoms with van der Waals surface area (Å²) < 4.78 is 13.3. The number of hydrogen-bond acceptors (Lipinski definition) is 2. The molecule has 22 heavy (non-hydrogen) atoms. The van der Waals surface area contributed by atoms with Crippen LogP contribution in [-0.2, 0) is 4.79 Å². The Bertz CT molecular complexity index is 484. The van der Waals surface area contributed by atoms with Gasteiger partial charge in [0.15, 0.2) is 0 Å². The highest BCUT2D eigenvalue weighted by atomic mass is 19.1. The van der Waals surface area contributed by atoms with Gasteiger partial charge in [-0.05, 0) is 55.5 Å². The Labute approximate surface area is 132 Å². The molecule has 4 heteroatoms. The van der Waals surface area contributed by atoms with Gasteiger partial charge in [0.1, 0.15) is 5.82 Å². The fourth-order valence-corrected chi connectivity index (χ4v) is 3.06. The van der Waals surface area contributed by atoms with E-state index in [0.29, 0.717) is 12.3 Å². The van der Waals surface area contributed by atoms with Crippen LogP contribution in [0.25, 0.3) is 0 Å². The summed E-state index contributed by atoms with van der Waals surface area (Å²) in [5.41, 5.74) is 0.899. The maximum atomic E-state index is 13.3. The predicted molar refractivity (Wildman–Crippen MR) is 87.3 cm³/mol. The number of rotatable bonds is 6. The molecule has 1 aliphatic rings. The molecule has 1 aliphatic heterocycles. The normalized spacial score (nSPS) is 17.5. The number of amides is 1. The van der Waals surface area contributed by atoms with Crippen molar-refractivity contribution in [3.05, 3.63) is 35.6 Å². The maximum Gasteiger partial charge on any atom is 0.223 e. The molecule has 1 unspecified atom stereocenters. The lowest BCUT2D eigenvalue weighted by molar-refractivity contribution is -0.132. The van der Waals surface area contributed by atoms with E-state index in [1.54, 1.807) is 6.07 Å². The van der Waals surface area contributed by atoms with Crippen molar-refractivity contribution in [1.29, 1.82) is 0 Å². The molecule has 1 N–H and O–H groups in total. The molecule has 1 amide bonds. The highest BCUT2D eigenvalue weighted by Gasteiger charge is 2.23. The Morgan fingerprint density at radius 1 is 1.41 bits per heavy atom. The van der Waals surface area contributed by atoms with Crippen molar-refractivity contribution in [2.45, 2.75) is 39.0 Å². The zero-order valence-corrected chi connectivity index (χ0v) is 13.6. The van der Waals surface area contributed by atoms with Gasteiger partial charge in [0.25, 0.3) is 0 Å². The molecule has 1 saturated heterocycles. The summed E-state index contributed by atoms with van der Waals surface area (Å²) >= 11 is 0. The first-order valence-corrected chi connectivity index (χ1v) is 8.34. The smallest absolute Gasteiger partial charge is 0.223 e. The number of carbonyl (C=O) groups excluding carboxylic acids is 1. The number of benzene rings is 1. The van der Waals surface area contributed by atoms with E-state index < -0.39 is 0 Å². The molecule has 0 aliphatic carbocycles. The lowest BCUT2D eigenvalue weighted by Crippen LogP contribution is -2.41. The van der Waals surface area contributed by atoms with Crippen LogP contribution in [0.3, 0.4) is 0 Å². The lowest BCUT2D eigenvalue weighted by atomic mass is 9.94. The summed E-state index contributed by atoms with van der Waals surface area (Å²) in [6, 6.07) is 6.56. The maximum absolute atomic E-state index is 13.3. The molecule has 1 aromatic rings. The Morgan fingerprint density at radius 2 is 2.14 bits per heavy atom. The van der Waals surface area contributed by atoms with Crippen molar-refractivity contribution in [3.8, 4) is 0 Å². The zero-order chi connectivity index (χ0) is 15.9. The van der Waals surface area contributed by atoms with Gasteiger partial charge in [-0.2, -0.15) is 0 Å². The molecule has 0 radical (unpaired) electrons. The third-order valence-electron chi connectivity index (χ3n) is 4.55. The van der Waals surface area contributed by atoms with Crippen LogP contribution in [0.5, 0.6) is 0 Å². The second-order valence-electron chi connectivity index (χ2n) is 6.29. The first-order valence-electron chi connectivity index (χ1n) is 8.34. The summed E-state index contributed by atoms with van der Waals surface area (Å²) in [7, 11) is 0. The van der Waals surface area contributed by atoms with E-state index in [-0.39, 0.29) is 17.6 Å². The largest absolute Gasteiger partial charge is 0.343 e. The molecule has 1 aromatic carbocycles. The Hall–Kier alpha value is -1.42. The number of halogens is 1. The summed E-state index contributed by atoms with van der Waals surface area (Å²) in [4.78, 5) is 14.4. The number of likely N-dealkylation sites (tertiary alicyclic amines) is 1. The molecule has 1 fully saturated rings. The van der Waals surface area contributed by atoms with Gasteiger partial charge in [0, 0.05) is 19.5 Å². The van der Waals surface area contributed by atoms with Crippen molar-refractivity contribution in [2.75, 3.05) is 26.2 Å². The lowest BCUT2D eigenvalue weighted by Gasteiger charge is -2.32. The van der Waals surface area contributed by atoms with Crippen LogP contribution in [0.1, 0.15) is 44.6 Å². The van der Waals surface area contributed by atoms with Crippen molar-refractivity contribution in [1.82, 2.24) is 10.2 Å². The van der Waals surface area contributed by atoms with E-state index in [0.717, 1.165) is 44.6 Å². The van der Waals surface area contributed by atoms with Gasteiger partial charge < -0.3 is 10.2 Å². The Kier molecular flexibility index (Phi) is 6.37. The molecule has 0 bridgehead atoms. The first kappa shape index (κ1) is 16.9. The van der Waals surface area contributed by atoms with Gasteiger partial charge in [0.05, 0.1) is 0 Å². The highest BCUT2D eigenvalue weighted by molar-refractivity contribution is 5.77. The minimum atomic E-state index is -0.235. The number of nitrogens with zero attached hydrogens (tertiary/aromatic N) is 1. The molecule has 1 heterocycles. The Balaban J connectivity index is 1.80. The van der Waals surface area contributed by atoms with Gasteiger partial charge in [-0.15, -0.1) is 0 Å². The van der Waals surface area contributed by atoms with Gasteiger partial charge in [-0.25, -0.2) is 4.39 Å². The first-order chi connectivity index (χ1) is 10.6. The number of hydrogen-bond donors (Lipinski definition) is 1. The fraction of sp³-hybridized carbons (Fsp3) is 0.611. The third-order valence-corrected chi connectivity index (χ3v) is 4.55. The van der Waals surface area contributed by atoms with E-state index in [2.05, 4.69) is 12.2 Å². The summed E-state index contributed by atoms with van der Waals surface area (Å²) in [5.74, 6) is 0.701. The predicted octanol–water partition coefficient (Wildman–Crippen LogP) is 3.17. The van der Waals surface area contributed by atoms with Crippen LogP contribution in [0.4, 0.5) is 4.39 Å². The standard InChI is InChI=1S/C18H27FN2O/c1-3-20-13-15-7-9-21(10-8-15)18(22)11-14(2)16-5-4-6-17(19)12-16/h4-6,12,14-15,20H,3,7-11,13H2,1-2H3. The van der Waals surface area contributed by atoms with E-state index in [1.165, 1.54) is 12.1 Å². The summed E-state index contributed by atoms with van der Waals surface area (Å²) in [6.07, 6.45) is 2.61. The molecule has 0 aromatic heterocycles. The topological polar surface area (TPSA) is 32.3 Å². The van der Waals surface area contributed by atoms with Crippen molar-refractivity contribution >= 4 is 5.91 Å². The molecule has 2 rings (SSSR count). The molecular weight excluding hydrogens is 279 g/mol. The van der Waals surface area contributed by atoms with Crippen LogP contribution in [0.2, 0.25) is 0 Å². The summed E-state index contributed by atoms with van der Waals surface area (Å²) in [6.45, 7) is 7.87. The zero-order valence-electron chi connectivity index (χ0n) is 13.6. The number of nitrogens with one attached hydrogen (secondary N) is 1. The van der Waals surface area contributed by atoms with E-state index in [9.17, 15) is 9.18 Å². The Morgan fingerprint density at radius 3 is 2.77 bits per heavy atom. The monoisotopic (exact) mass is 306 g/mol. The van der Waals surface area contributed by atoms with E-state index in [4.69, 9.17) is 0 Å². The van der Waals surface area contributed by atoms with Crippen LogP contribution in [0, 0.1) is 11.7 Å². The molecule has 0 saturated carbocycles. The molecular formula is C18H27FN2O. The molecule has 1 atom stereocenters. The van der Waals surface area contributed by atoms with Crippen LogP contribution in [-0.4, -0.2) is 37.0 Å². The highest BCUT2D eigenvalue weighted by Crippen LogP contribution is 2.23. The van der Waals surface area contributed by atoms with Gasteiger partial charge in [-0.3, -0.25) is 4.79 Å². The van der Waals surface area contributed by atoms with Crippen LogP contribution < -0.4 is 5.32 Å². The van der Waals surface area contributed by atoms with Gasteiger partial charge >= 0.3 is 0 Å². The SMILES string of the molecule is CCNCC1CCN(C(=O)CC(C)c2cccc(F)c2)CC1. The van der Waals surface area contributed by atoms with Crippen LogP contribution >= 0.6 is 0 Å². The molecule has 0 spiro atoms. The van der Waals surface area contributed by atoms with Crippen molar-refractivity contribution in [3.63, 3.8) is 0 Å². The fourth-order valence-electron chi connectivity index (χ4n) is 3.06. The van der Waals surface area contributed by atoms with Crippen molar-refractivity contribution < 1.29 is 9.18 Å². The van der Waals surface area contributed by atoms with Crippen molar-refractivity contribution in [2.24, 2.45) is 5.92 Å². The molecule has 3 nitrogen and oxygen atoms in total. The minimum Gasteiger partial charge on any atom is -0.343 e. The van der Waals surface area contributed by atoms with Gasteiger partial charge in [0.2, 0.25) is 5.91 Å². The summed E-state index contributed by atoms with van der Waals surface area (Å²) in [5, 5.41) is 3.38. The number of piperidine rings is 1. The second-order valence-corrected chi connectivity index (χ2v) is 6.29. The quantitative estimate of drug-likeness (QED) is 0.875. The second kappa shape index (κ2) is 8.28. The third kappa shape index (κ3) is 4.80. The molecule has 122 valence electrons. The number of carbonyl (C=O) groups is 1. The van der Waals surface area contributed by atoms with E-state index in [1.807, 2.05) is 17.9 Å². The van der Waals surface area contributed by atoms with Gasteiger partial charge in [-0.1, -0.05) is 26.0 Å².